The number of H-pyrrole nitrogens is 1. The summed E-state index contributed by atoms with van der Waals surface area (Å²) in [6.45, 7) is 6.11. The van der Waals surface area contributed by atoms with Crippen LogP contribution in [0.25, 0.3) is 11.4 Å². The predicted octanol–water partition coefficient (Wildman–Crippen LogP) is 4.75. The lowest BCUT2D eigenvalue weighted by Gasteiger charge is -2.19. The van der Waals surface area contributed by atoms with Gasteiger partial charge in [0.25, 0.3) is 5.56 Å². The third-order valence-electron chi connectivity index (χ3n) is 2.77. The van der Waals surface area contributed by atoms with Gasteiger partial charge in [0.1, 0.15) is 9.39 Å². The molecular weight excluding hydrogens is 454 g/mol. The van der Waals surface area contributed by atoms with E-state index in [0.29, 0.717) is 14.4 Å². The fraction of sp³-hybridized carbons (Fsp3) is 0.286. The second kappa shape index (κ2) is 5.77. The fourth-order valence-corrected chi connectivity index (χ4v) is 3.23. The Bertz CT molecular complexity index is 722. The minimum absolute atomic E-state index is 0.125. The van der Waals surface area contributed by atoms with Crippen LogP contribution < -0.4 is 5.56 Å². The first-order valence-electron chi connectivity index (χ1n) is 5.96. The Kier molecular flexibility index (Phi) is 4.61. The van der Waals surface area contributed by atoms with Crippen LogP contribution in [-0.4, -0.2) is 9.97 Å². The van der Waals surface area contributed by atoms with Crippen molar-refractivity contribution in [2.75, 3.05) is 0 Å². The summed E-state index contributed by atoms with van der Waals surface area (Å²) in [6.07, 6.45) is 0. The third-order valence-corrected chi connectivity index (χ3v) is 5.00. The third kappa shape index (κ3) is 3.26. The van der Waals surface area contributed by atoms with Crippen LogP contribution in [0.4, 0.5) is 0 Å². The molecule has 1 N–H and O–H groups in total. The van der Waals surface area contributed by atoms with Crippen molar-refractivity contribution in [3.05, 3.63) is 47.3 Å². The number of nitrogens with zero attached hydrogens (tertiary/aromatic N) is 1. The van der Waals surface area contributed by atoms with Crippen molar-refractivity contribution >= 4 is 50.1 Å². The predicted molar refractivity (Wildman–Crippen MR) is 94.4 cm³/mol. The molecule has 0 saturated heterocycles. The normalized spacial score (nSPS) is 11.7. The maximum Gasteiger partial charge on any atom is 0.264 e. The minimum Gasteiger partial charge on any atom is -0.306 e. The Balaban J connectivity index is 2.67. The van der Waals surface area contributed by atoms with Crippen molar-refractivity contribution in [1.29, 1.82) is 0 Å². The lowest BCUT2D eigenvalue weighted by molar-refractivity contribution is 0.562. The number of hydrogen-bond donors (Lipinski definition) is 1. The van der Waals surface area contributed by atoms with Gasteiger partial charge < -0.3 is 4.98 Å². The van der Waals surface area contributed by atoms with Crippen LogP contribution in [0.3, 0.4) is 0 Å². The molecule has 1 aromatic carbocycles. The highest BCUT2D eigenvalue weighted by Gasteiger charge is 2.22. The molecule has 106 valence electrons. The standard InChI is InChI=1S/C14H13BrClIN2O/c1-14(2,3)11-10(17)13(20)19-12(18-11)7-4-5-8(15)9(16)6-7/h4-6H,1-3H3,(H,18,19,20). The lowest BCUT2D eigenvalue weighted by Crippen LogP contribution is -2.24. The van der Waals surface area contributed by atoms with E-state index >= 15 is 0 Å². The van der Waals surface area contributed by atoms with E-state index in [4.69, 9.17) is 11.6 Å². The summed E-state index contributed by atoms with van der Waals surface area (Å²) < 4.78 is 1.44. The van der Waals surface area contributed by atoms with E-state index in [1.807, 2.05) is 55.5 Å². The quantitative estimate of drug-likeness (QED) is 0.615. The van der Waals surface area contributed by atoms with Crippen LogP contribution in [0.15, 0.2) is 27.5 Å². The van der Waals surface area contributed by atoms with E-state index in [2.05, 4.69) is 25.9 Å². The molecule has 0 fully saturated rings. The van der Waals surface area contributed by atoms with Gasteiger partial charge in [-0.2, -0.15) is 0 Å². The van der Waals surface area contributed by atoms with E-state index in [1.165, 1.54) is 0 Å². The summed E-state index contributed by atoms with van der Waals surface area (Å²) in [4.78, 5) is 19.5. The van der Waals surface area contributed by atoms with Crippen molar-refractivity contribution in [2.45, 2.75) is 26.2 Å². The molecule has 0 aliphatic rings. The molecule has 6 heteroatoms. The van der Waals surface area contributed by atoms with E-state index in [9.17, 15) is 4.79 Å². The fourth-order valence-electron chi connectivity index (χ4n) is 1.74. The molecule has 1 heterocycles. The molecule has 0 aliphatic carbocycles. The SMILES string of the molecule is CC(C)(C)c1nc(-c2ccc(Br)c(Cl)c2)[nH]c(=O)c1I. The average Bonchev–Trinajstić information content (AvgIpc) is 2.34. The van der Waals surface area contributed by atoms with Crippen molar-refractivity contribution in [2.24, 2.45) is 0 Å². The molecule has 0 spiro atoms. The molecule has 20 heavy (non-hydrogen) atoms. The van der Waals surface area contributed by atoms with E-state index in [0.717, 1.165) is 15.7 Å². The van der Waals surface area contributed by atoms with Gasteiger partial charge in [0.05, 0.1) is 10.7 Å². The Morgan fingerprint density at radius 2 is 2.00 bits per heavy atom. The molecule has 1 aromatic heterocycles. The summed E-state index contributed by atoms with van der Waals surface area (Å²) in [5.41, 5.74) is 1.26. The average molecular weight is 468 g/mol. The second-order valence-electron chi connectivity index (χ2n) is 5.46. The maximum absolute atomic E-state index is 12.1. The van der Waals surface area contributed by atoms with Gasteiger partial charge in [0, 0.05) is 15.5 Å². The zero-order chi connectivity index (χ0) is 15.1. The number of nitrogens with one attached hydrogen (secondary N) is 1. The lowest BCUT2D eigenvalue weighted by atomic mass is 9.92. The zero-order valence-electron chi connectivity index (χ0n) is 11.2. The van der Waals surface area contributed by atoms with Gasteiger partial charge in [0.15, 0.2) is 0 Å². The number of benzene rings is 1. The first-order chi connectivity index (χ1) is 9.20. The van der Waals surface area contributed by atoms with Crippen LogP contribution in [-0.2, 0) is 5.41 Å². The largest absolute Gasteiger partial charge is 0.306 e. The summed E-state index contributed by atoms with van der Waals surface area (Å²) in [6, 6.07) is 5.49. The van der Waals surface area contributed by atoms with Gasteiger partial charge >= 0.3 is 0 Å². The van der Waals surface area contributed by atoms with Crippen LogP contribution >= 0.6 is 50.1 Å². The molecule has 0 saturated carbocycles. The molecule has 0 amide bonds. The topological polar surface area (TPSA) is 45.8 Å². The number of hydrogen-bond acceptors (Lipinski definition) is 2. The van der Waals surface area contributed by atoms with E-state index < -0.39 is 0 Å². The van der Waals surface area contributed by atoms with Gasteiger partial charge in [-0.1, -0.05) is 38.4 Å². The second-order valence-corrected chi connectivity index (χ2v) is 7.80. The van der Waals surface area contributed by atoms with Gasteiger partial charge in [-0.05, 0) is 50.7 Å². The molecular formula is C14H13BrClIN2O. The molecule has 0 unspecified atom stereocenters. The molecule has 0 radical (unpaired) electrons. The number of halogens is 3. The van der Waals surface area contributed by atoms with Gasteiger partial charge in [-0.25, -0.2) is 4.98 Å². The zero-order valence-corrected chi connectivity index (χ0v) is 15.7. The van der Waals surface area contributed by atoms with Gasteiger partial charge in [-0.3, -0.25) is 4.79 Å². The Hall–Kier alpha value is -0.400. The first kappa shape index (κ1) is 16.0. The molecule has 3 nitrogen and oxygen atoms in total. The van der Waals surface area contributed by atoms with Crippen molar-refractivity contribution in [3.63, 3.8) is 0 Å². The Labute approximate surface area is 144 Å². The summed E-state index contributed by atoms with van der Waals surface area (Å²) >= 11 is 11.5. The number of rotatable bonds is 1. The van der Waals surface area contributed by atoms with Crippen LogP contribution in [0, 0.1) is 3.57 Å². The van der Waals surface area contributed by atoms with Gasteiger partial charge in [0.2, 0.25) is 0 Å². The van der Waals surface area contributed by atoms with E-state index in [1.54, 1.807) is 6.07 Å². The monoisotopic (exact) mass is 466 g/mol. The van der Waals surface area contributed by atoms with Crippen LogP contribution in [0.5, 0.6) is 0 Å². The number of aromatic amines is 1. The van der Waals surface area contributed by atoms with E-state index in [-0.39, 0.29) is 11.0 Å². The molecule has 0 atom stereocenters. The molecule has 0 bridgehead atoms. The molecule has 0 aliphatic heterocycles. The van der Waals surface area contributed by atoms with Crippen molar-refractivity contribution in [3.8, 4) is 11.4 Å². The van der Waals surface area contributed by atoms with Crippen LogP contribution in [0.2, 0.25) is 5.02 Å². The highest BCUT2D eigenvalue weighted by atomic mass is 127. The maximum atomic E-state index is 12.1. The Morgan fingerprint density at radius 1 is 1.35 bits per heavy atom. The Morgan fingerprint density at radius 3 is 2.55 bits per heavy atom. The van der Waals surface area contributed by atoms with Crippen LogP contribution in [0.1, 0.15) is 26.5 Å². The summed E-state index contributed by atoms with van der Waals surface area (Å²) in [5.74, 6) is 0.537. The molecule has 2 aromatic rings. The number of aromatic nitrogens is 2. The summed E-state index contributed by atoms with van der Waals surface area (Å²) in [5, 5.41) is 0.584. The smallest absolute Gasteiger partial charge is 0.264 e. The molecule has 2 rings (SSSR count). The first-order valence-corrected chi connectivity index (χ1v) is 8.21. The minimum atomic E-state index is -0.196. The highest BCUT2D eigenvalue weighted by molar-refractivity contribution is 14.1. The summed E-state index contributed by atoms with van der Waals surface area (Å²) in [7, 11) is 0. The van der Waals surface area contributed by atoms with Crippen molar-refractivity contribution in [1.82, 2.24) is 9.97 Å². The van der Waals surface area contributed by atoms with Crippen molar-refractivity contribution < 1.29 is 0 Å². The van der Waals surface area contributed by atoms with Gasteiger partial charge in [-0.15, -0.1) is 0 Å². The highest BCUT2D eigenvalue weighted by Crippen LogP contribution is 2.29.